The number of rotatable bonds is 3. The van der Waals surface area contributed by atoms with Crippen LogP contribution in [0.3, 0.4) is 0 Å². The number of nitrogens with zero attached hydrogens (tertiary/aromatic N) is 1. The Kier molecular flexibility index (Phi) is 3.09. The summed E-state index contributed by atoms with van der Waals surface area (Å²) in [5.74, 6) is 0.906. The molecule has 0 aromatic carbocycles. The molecule has 1 aliphatic heterocycles. The molecular weight excluding hydrogens is 196 g/mol. The highest BCUT2D eigenvalue weighted by molar-refractivity contribution is 5.17. The van der Waals surface area contributed by atoms with E-state index in [1.807, 2.05) is 0 Å². The summed E-state index contributed by atoms with van der Waals surface area (Å²) in [6.45, 7) is 13.3. The lowest BCUT2D eigenvalue weighted by Crippen LogP contribution is -2.36. The van der Waals surface area contributed by atoms with Gasteiger partial charge in [0.05, 0.1) is 0 Å². The van der Waals surface area contributed by atoms with E-state index in [9.17, 15) is 0 Å². The van der Waals surface area contributed by atoms with Crippen LogP contribution in [-0.4, -0.2) is 37.6 Å². The minimum atomic E-state index is 0.485. The van der Waals surface area contributed by atoms with E-state index < -0.39 is 0 Å². The number of likely N-dealkylation sites (tertiary alicyclic amines) is 1. The van der Waals surface area contributed by atoms with Gasteiger partial charge in [0, 0.05) is 6.04 Å². The van der Waals surface area contributed by atoms with Gasteiger partial charge in [0.2, 0.25) is 0 Å². The smallest absolute Gasteiger partial charge is 0.0181 e. The lowest BCUT2D eigenvalue weighted by atomic mass is 9.97. The lowest BCUT2D eigenvalue weighted by Gasteiger charge is -2.29. The quantitative estimate of drug-likeness (QED) is 0.791. The van der Waals surface area contributed by atoms with Crippen LogP contribution >= 0.6 is 0 Å². The standard InChI is InChI=1S/C14H28N2/c1-13(2)12(14(13,3)4)15-10-11-6-8-16(5)9-7-11/h11-12,15H,6-10H2,1-5H3. The topological polar surface area (TPSA) is 15.3 Å². The number of hydrogen-bond donors (Lipinski definition) is 1. The first-order chi connectivity index (χ1) is 7.35. The van der Waals surface area contributed by atoms with Gasteiger partial charge in [-0.1, -0.05) is 27.7 Å². The van der Waals surface area contributed by atoms with Gasteiger partial charge in [-0.2, -0.15) is 0 Å². The largest absolute Gasteiger partial charge is 0.313 e. The highest BCUT2D eigenvalue weighted by Gasteiger charge is 2.64. The molecule has 0 radical (unpaired) electrons. The summed E-state index contributed by atoms with van der Waals surface area (Å²) in [7, 11) is 2.23. The van der Waals surface area contributed by atoms with Crippen LogP contribution in [0, 0.1) is 16.7 Å². The molecule has 0 aromatic rings. The molecule has 2 rings (SSSR count). The first-order valence-electron chi connectivity index (χ1n) is 6.77. The van der Waals surface area contributed by atoms with Crippen molar-refractivity contribution in [2.45, 2.75) is 46.6 Å². The van der Waals surface area contributed by atoms with Crippen LogP contribution in [0.1, 0.15) is 40.5 Å². The molecule has 94 valence electrons. The van der Waals surface area contributed by atoms with E-state index in [0.29, 0.717) is 10.8 Å². The minimum absolute atomic E-state index is 0.485. The molecule has 1 heterocycles. The third kappa shape index (κ3) is 2.02. The monoisotopic (exact) mass is 224 g/mol. The molecule has 0 amide bonds. The number of hydrogen-bond acceptors (Lipinski definition) is 2. The fourth-order valence-corrected chi connectivity index (χ4v) is 3.26. The van der Waals surface area contributed by atoms with Crippen LogP contribution in [0.5, 0.6) is 0 Å². The first-order valence-corrected chi connectivity index (χ1v) is 6.77. The summed E-state index contributed by atoms with van der Waals surface area (Å²) in [5, 5.41) is 3.80. The van der Waals surface area contributed by atoms with Crippen molar-refractivity contribution in [1.82, 2.24) is 10.2 Å². The fourth-order valence-electron chi connectivity index (χ4n) is 3.26. The molecule has 2 aliphatic rings. The molecule has 0 atom stereocenters. The van der Waals surface area contributed by atoms with Gasteiger partial charge in [0.25, 0.3) is 0 Å². The summed E-state index contributed by atoms with van der Waals surface area (Å²) in [6.07, 6.45) is 2.74. The zero-order valence-electron chi connectivity index (χ0n) is 11.6. The molecule has 0 unspecified atom stereocenters. The van der Waals surface area contributed by atoms with Crippen LogP contribution < -0.4 is 5.32 Å². The molecule has 0 spiro atoms. The summed E-state index contributed by atoms with van der Waals surface area (Å²) in [5.41, 5.74) is 0.969. The van der Waals surface area contributed by atoms with E-state index in [1.165, 1.54) is 32.5 Å². The molecule has 1 saturated carbocycles. The van der Waals surface area contributed by atoms with Crippen molar-refractivity contribution in [3.8, 4) is 0 Å². The van der Waals surface area contributed by atoms with Crippen molar-refractivity contribution in [1.29, 1.82) is 0 Å². The van der Waals surface area contributed by atoms with Crippen LogP contribution in [0.2, 0.25) is 0 Å². The molecule has 16 heavy (non-hydrogen) atoms. The van der Waals surface area contributed by atoms with Gasteiger partial charge in [-0.15, -0.1) is 0 Å². The van der Waals surface area contributed by atoms with Crippen molar-refractivity contribution in [2.24, 2.45) is 16.7 Å². The van der Waals surface area contributed by atoms with Crippen LogP contribution in [0.4, 0.5) is 0 Å². The summed E-state index contributed by atoms with van der Waals surface area (Å²) >= 11 is 0. The lowest BCUT2D eigenvalue weighted by molar-refractivity contribution is 0.214. The average Bonchev–Trinajstić information content (AvgIpc) is 2.58. The Morgan fingerprint density at radius 2 is 1.56 bits per heavy atom. The Labute approximate surface area is 101 Å². The van der Waals surface area contributed by atoms with E-state index in [-0.39, 0.29) is 0 Å². The average molecular weight is 224 g/mol. The number of nitrogens with one attached hydrogen (secondary N) is 1. The molecule has 1 N–H and O–H groups in total. The Hall–Kier alpha value is -0.0800. The summed E-state index contributed by atoms with van der Waals surface area (Å²) in [4.78, 5) is 2.45. The first kappa shape index (κ1) is 12.4. The Morgan fingerprint density at radius 3 is 2.00 bits per heavy atom. The molecule has 1 aliphatic carbocycles. The second-order valence-corrected chi connectivity index (χ2v) is 7.03. The Morgan fingerprint density at radius 1 is 1.06 bits per heavy atom. The summed E-state index contributed by atoms with van der Waals surface area (Å²) in [6, 6.07) is 0.722. The van der Waals surface area contributed by atoms with Crippen molar-refractivity contribution in [3.63, 3.8) is 0 Å². The van der Waals surface area contributed by atoms with Gasteiger partial charge < -0.3 is 10.2 Å². The maximum Gasteiger partial charge on any atom is 0.0181 e. The molecule has 2 nitrogen and oxygen atoms in total. The van der Waals surface area contributed by atoms with Crippen LogP contribution in [0.25, 0.3) is 0 Å². The second-order valence-electron chi connectivity index (χ2n) is 7.03. The van der Waals surface area contributed by atoms with Gasteiger partial charge in [0.1, 0.15) is 0 Å². The third-order valence-corrected chi connectivity index (χ3v) is 5.47. The Balaban J connectivity index is 1.73. The molecular formula is C14H28N2. The molecule has 0 aromatic heterocycles. The van der Waals surface area contributed by atoms with E-state index >= 15 is 0 Å². The minimum Gasteiger partial charge on any atom is -0.313 e. The van der Waals surface area contributed by atoms with Crippen molar-refractivity contribution in [3.05, 3.63) is 0 Å². The fraction of sp³-hybridized carbons (Fsp3) is 1.00. The van der Waals surface area contributed by atoms with E-state index in [1.54, 1.807) is 0 Å². The highest BCUT2D eigenvalue weighted by Crippen LogP contribution is 2.62. The molecule has 0 bridgehead atoms. The normalized spacial score (nSPS) is 30.6. The SMILES string of the molecule is CN1CCC(CNC2C(C)(C)C2(C)C)CC1. The van der Waals surface area contributed by atoms with Gasteiger partial charge >= 0.3 is 0 Å². The zero-order valence-corrected chi connectivity index (χ0v) is 11.6. The van der Waals surface area contributed by atoms with Crippen molar-refractivity contribution in [2.75, 3.05) is 26.7 Å². The van der Waals surface area contributed by atoms with Crippen LogP contribution in [0.15, 0.2) is 0 Å². The predicted molar refractivity (Wildman–Crippen MR) is 69.6 cm³/mol. The zero-order chi connectivity index (χ0) is 12.0. The maximum atomic E-state index is 3.80. The third-order valence-electron chi connectivity index (χ3n) is 5.47. The van der Waals surface area contributed by atoms with Crippen molar-refractivity contribution < 1.29 is 0 Å². The van der Waals surface area contributed by atoms with Gasteiger partial charge in [0.15, 0.2) is 0 Å². The van der Waals surface area contributed by atoms with Crippen molar-refractivity contribution >= 4 is 0 Å². The second kappa shape index (κ2) is 3.99. The van der Waals surface area contributed by atoms with Gasteiger partial charge in [-0.25, -0.2) is 0 Å². The van der Waals surface area contributed by atoms with Crippen LogP contribution in [-0.2, 0) is 0 Å². The number of piperidine rings is 1. The highest BCUT2D eigenvalue weighted by atomic mass is 15.1. The van der Waals surface area contributed by atoms with Gasteiger partial charge in [-0.3, -0.25) is 0 Å². The van der Waals surface area contributed by atoms with E-state index in [0.717, 1.165) is 12.0 Å². The maximum absolute atomic E-state index is 3.80. The van der Waals surface area contributed by atoms with E-state index in [2.05, 4.69) is 45.0 Å². The summed E-state index contributed by atoms with van der Waals surface area (Å²) < 4.78 is 0. The van der Waals surface area contributed by atoms with E-state index in [4.69, 9.17) is 0 Å². The van der Waals surface area contributed by atoms with Gasteiger partial charge in [-0.05, 0) is 56.3 Å². The molecule has 2 heteroatoms. The molecule has 2 fully saturated rings. The predicted octanol–water partition coefficient (Wildman–Crippen LogP) is 2.35. The molecule has 1 saturated heterocycles. The Bertz CT molecular complexity index is 235.